The van der Waals surface area contributed by atoms with Crippen LogP contribution < -0.4 is 0 Å². The fourth-order valence-corrected chi connectivity index (χ4v) is 2.67. The number of aliphatic hydroxyl groups excluding tert-OH is 1. The summed E-state index contributed by atoms with van der Waals surface area (Å²) in [7, 11) is 2.04. The highest BCUT2D eigenvalue weighted by molar-refractivity contribution is 6.09. The highest BCUT2D eigenvalue weighted by Crippen LogP contribution is 2.21. The summed E-state index contributed by atoms with van der Waals surface area (Å²) < 4.78 is 13.9. The van der Waals surface area contributed by atoms with Crippen LogP contribution in [-0.4, -0.2) is 55.2 Å². The molecule has 0 spiro atoms. The maximum absolute atomic E-state index is 12.6. The van der Waals surface area contributed by atoms with Crippen LogP contribution >= 0.6 is 0 Å². The third kappa shape index (κ3) is 5.30. The van der Waals surface area contributed by atoms with Crippen LogP contribution in [0, 0.1) is 0 Å². The Hall–Kier alpha value is -3.52. The zero-order valence-corrected chi connectivity index (χ0v) is 16.7. The lowest BCUT2D eigenvalue weighted by atomic mass is 9.95. The number of carbonyl (C=O) groups excluding carboxylic acids is 4. The van der Waals surface area contributed by atoms with Gasteiger partial charge in [0.25, 0.3) is 0 Å². The van der Waals surface area contributed by atoms with Crippen molar-refractivity contribution in [1.82, 2.24) is 0 Å². The van der Waals surface area contributed by atoms with Gasteiger partial charge in [-0.05, 0) is 18.6 Å². The molecule has 0 aromatic heterocycles. The fraction of sp³-hybridized carbons (Fsp3) is 0.273. The molecular formula is C22H22O8. The lowest BCUT2D eigenvalue weighted by molar-refractivity contribution is -0.181. The van der Waals surface area contributed by atoms with Gasteiger partial charge in [0.05, 0.1) is 20.1 Å². The summed E-state index contributed by atoms with van der Waals surface area (Å²) in [6, 6.07) is 15.1. The molecule has 0 saturated heterocycles. The third-order valence-electron chi connectivity index (χ3n) is 4.44. The molecule has 8 nitrogen and oxygen atoms in total. The standard InChI is InChI=1S/C22H22O8/c1-13(20(25)30-19(22(27)29-3)18(24)21(26)28-2)15-10-7-11-16(12-15)17(23)14-8-5-4-6-9-14/h4-13,18-19,24H,1-3H3/t13-,18+,19+/m0/s1. The van der Waals surface area contributed by atoms with Crippen molar-refractivity contribution in [1.29, 1.82) is 0 Å². The number of hydrogen-bond donors (Lipinski definition) is 1. The minimum Gasteiger partial charge on any atom is -0.467 e. The zero-order valence-electron chi connectivity index (χ0n) is 16.7. The number of ketones is 1. The van der Waals surface area contributed by atoms with E-state index < -0.39 is 36.0 Å². The van der Waals surface area contributed by atoms with Gasteiger partial charge in [-0.2, -0.15) is 0 Å². The summed E-state index contributed by atoms with van der Waals surface area (Å²) in [6.07, 6.45) is -3.92. The van der Waals surface area contributed by atoms with Crippen LogP contribution in [0.1, 0.15) is 34.3 Å². The number of benzene rings is 2. The van der Waals surface area contributed by atoms with Crippen molar-refractivity contribution in [3.05, 3.63) is 71.3 Å². The quantitative estimate of drug-likeness (QED) is 0.394. The van der Waals surface area contributed by atoms with Gasteiger partial charge in [-0.15, -0.1) is 0 Å². The van der Waals surface area contributed by atoms with Gasteiger partial charge in [0.2, 0.25) is 6.10 Å². The van der Waals surface area contributed by atoms with E-state index in [1.54, 1.807) is 54.6 Å². The van der Waals surface area contributed by atoms with E-state index in [4.69, 9.17) is 4.74 Å². The van der Waals surface area contributed by atoms with Crippen LogP contribution in [0.5, 0.6) is 0 Å². The number of methoxy groups -OCH3 is 2. The maximum Gasteiger partial charge on any atom is 0.350 e. The Bertz CT molecular complexity index is 922. The van der Waals surface area contributed by atoms with Crippen molar-refractivity contribution >= 4 is 23.7 Å². The predicted molar refractivity (Wildman–Crippen MR) is 105 cm³/mol. The Labute approximate surface area is 173 Å². The first-order valence-corrected chi connectivity index (χ1v) is 9.04. The molecule has 0 unspecified atom stereocenters. The van der Waals surface area contributed by atoms with Crippen LogP contribution in [0.15, 0.2) is 54.6 Å². The molecule has 0 heterocycles. The van der Waals surface area contributed by atoms with Crippen LogP contribution in [-0.2, 0) is 28.6 Å². The van der Waals surface area contributed by atoms with E-state index in [1.807, 2.05) is 0 Å². The Morgan fingerprint density at radius 2 is 1.40 bits per heavy atom. The van der Waals surface area contributed by atoms with E-state index in [-0.39, 0.29) is 5.78 Å². The molecule has 0 aliphatic rings. The molecule has 0 bridgehead atoms. The first kappa shape index (κ1) is 22.8. The second kappa shape index (κ2) is 10.3. The minimum atomic E-state index is -2.04. The lowest BCUT2D eigenvalue weighted by Crippen LogP contribution is -2.44. The second-order valence-corrected chi connectivity index (χ2v) is 6.39. The number of aliphatic hydroxyl groups is 1. The molecule has 0 aliphatic carbocycles. The van der Waals surface area contributed by atoms with Crippen LogP contribution in [0.2, 0.25) is 0 Å². The molecule has 158 valence electrons. The highest BCUT2D eigenvalue weighted by Gasteiger charge is 2.38. The maximum atomic E-state index is 12.6. The summed E-state index contributed by atoms with van der Waals surface area (Å²) in [6.45, 7) is 1.51. The monoisotopic (exact) mass is 414 g/mol. The molecule has 3 atom stereocenters. The summed E-state index contributed by atoms with van der Waals surface area (Å²) in [4.78, 5) is 48.6. The topological polar surface area (TPSA) is 116 Å². The van der Waals surface area contributed by atoms with E-state index in [9.17, 15) is 24.3 Å². The summed E-state index contributed by atoms with van der Waals surface area (Å²) in [5, 5.41) is 9.93. The number of carbonyl (C=O) groups is 4. The van der Waals surface area contributed by atoms with Gasteiger partial charge in [-0.3, -0.25) is 9.59 Å². The number of hydrogen-bond acceptors (Lipinski definition) is 8. The Morgan fingerprint density at radius 1 is 0.800 bits per heavy atom. The molecule has 1 N–H and O–H groups in total. The van der Waals surface area contributed by atoms with Gasteiger partial charge in [0, 0.05) is 11.1 Å². The molecule has 0 radical (unpaired) electrons. The molecule has 0 amide bonds. The van der Waals surface area contributed by atoms with Crippen molar-refractivity contribution in [2.45, 2.75) is 25.0 Å². The molecule has 0 aliphatic heterocycles. The summed E-state index contributed by atoms with van der Waals surface area (Å²) in [5.41, 5.74) is 1.33. The lowest BCUT2D eigenvalue weighted by Gasteiger charge is -2.21. The van der Waals surface area contributed by atoms with E-state index in [1.165, 1.54) is 6.92 Å². The molecule has 30 heavy (non-hydrogen) atoms. The fourth-order valence-electron chi connectivity index (χ4n) is 2.67. The van der Waals surface area contributed by atoms with Gasteiger partial charge in [-0.1, -0.05) is 48.5 Å². The van der Waals surface area contributed by atoms with Gasteiger partial charge < -0.3 is 19.3 Å². The second-order valence-electron chi connectivity index (χ2n) is 6.39. The highest BCUT2D eigenvalue weighted by atomic mass is 16.6. The van der Waals surface area contributed by atoms with E-state index in [2.05, 4.69) is 9.47 Å². The first-order valence-electron chi connectivity index (χ1n) is 9.04. The molecule has 2 aromatic carbocycles. The van der Waals surface area contributed by atoms with Crippen molar-refractivity contribution in [3.8, 4) is 0 Å². The molecule has 2 aromatic rings. The largest absolute Gasteiger partial charge is 0.467 e. The number of esters is 3. The Morgan fingerprint density at radius 3 is 2.00 bits per heavy atom. The smallest absolute Gasteiger partial charge is 0.350 e. The van der Waals surface area contributed by atoms with Crippen molar-refractivity contribution in [3.63, 3.8) is 0 Å². The molecule has 8 heteroatoms. The molecule has 0 saturated carbocycles. The summed E-state index contributed by atoms with van der Waals surface area (Å²) in [5.74, 6) is -4.27. The third-order valence-corrected chi connectivity index (χ3v) is 4.44. The van der Waals surface area contributed by atoms with E-state index >= 15 is 0 Å². The van der Waals surface area contributed by atoms with Crippen molar-refractivity contribution < 1.29 is 38.5 Å². The Balaban J connectivity index is 2.21. The number of ether oxygens (including phenoxy) is 3. The van der Waals surface area contributed by atoms with Crippen LogP contribution in [0.3, 0.4) is 0 Å². The van der Waals surface area contributed by atoms with Crippen molar-refractivity contribution in [2.24, 2.45) is 0 Å². The zero-order chi connectivity index (χ0) is 22.3. The van der Waals surface area contributed by atoms with Gasteiger partial charge in [0.1, 0.15) is 0 Å². The molecular weight excluding hydrogens is 392 g/mol. The van der Waals surface area contributed by atoms with Crippen LogP contribution in [0.4, 0.5) is 0 Å². The Kier molecular flexibility index (Phi) is 7.83. The van der Waals surface area contributed by atoms with Gasteiger partial charge >= 0.3 is 17.9 Å². The van der Waals surface area contributed by atoms with E-state index in [0.29, 0.717) is 16.7 Å². The molecule has 0 fully saturated rings. The van der Waals surface area contributed by atoms with Crippen LogP contribution in [0.25, 0.3) is 0 Å². The SMILES string of the molecule is COC(=O)[C@H](O)[C@@H](OC(=O)[C@@H](C)c1cccc(C(=O)c2ccccc2)c1)C(=O)OC. The number of rotatable bonds is 8. The average Bonchev–Trinajstić information content (AvgIpc) is 2.80. The molecule has 2 rings (SSSR count). The normalized spacial score (nSPS) is 13.5. The van der Waals surface area contributed by atoms with Gasteiger partial charge in [0.15, 0.2) is 11.9 Å². The van der Waals surface area contributed by atoms with Crippen molar-refractivity contribution in [2.75, 3.05) is 14.2 Å². The van der Waals surface area contributed by atoms with Gasteiger partial charge in [-0.25, -0.2) is 9.59 Å². The first-order chi connectivity index (χ1) is 14.3. The predicted octanol–water partition coefficient (Wildman–Crippen LogP) is 1.64. The average molecular weight is 414 g/mol. The van der Waals surface area contributed by atoms with E-state index in [0.717, 1.165) is 14.2 Å². The summed E-state index contributed by atoms with van der Waals surface area (Å²) >= 11 is 0. The minimum absolute atomic E-state index is 0.216.